The molecule has 1 heterocycles. The van der Waals surface area contributed by atoms with Crippen LogP contribution in [0.25, 0.3) is 0 Å². The molecule has 1 fully saturated rings. The molecule has 0 amide bonds. The lowest BCUT2D eigenvalue weighted by atomic mass is 9.89. The van der Waals surface area contributed by atoms with E-state index in [4.69, 9.17) is 9.84 Å². The van der Waals surface area contributed by atoms with Crippen molar-refractivity contribution in [3.63, 3.8) is 0 Å². The minimum absolute atomic E-state index is 0.116. The molecule has 1 N–H and O–H groups in total. The van der Waals surface area contributed by atoms with Crippen molar-refractivity contribution in [2.75, 3.05) is 26.7 Å². The van der Waals surface area contributed by atoms with Crippen LogP contribution in [0.15, 0.2) is 0 Å². The van der Waals surface area contributed by atoms with E-state index in [1.54, 1.807) is 0 Å². The van der Waals surface area contributed by atoms with E-state index >= 15 is 0 Å². The molecule has 1 unspecified atom stereocenters. The Hall–Kier alpha value is -0.610. The monoisotopic (exact) mass is 201 g/mol. The smallest absolute Gasteiger partial charge is 0.306 e. The van der Waals surface area contributed by atoms with E-state index in [0.717, 1.165) is 25.9 Å². The van der Waals surface area contributed by atoms with Gasteiger partial charge in [-0.25, -0.2) is 0 Å². The van der Waals surface area contributed by atoms with Crippen molar-refractivity contribution in [2.45, 2.75) is 31.8 Å². The minimum Gasteiger partial charge on any atom is -0.481 e. The Kier molecular flexibility index (Phi) is 3.89. The summed E-state index contributed by atoms with van der Waals surface area (Å²) in [6.07, 6.45) is 1.99. The maximum Gasteiger partial charge on any atom is 0.306 e. The standard InChI is InChI=1S/C10H19NO3/c1-3-14-10(7-9(12)13)5-4-6-11(2)8-10/h3-8H2,1-2H3,(H,12,13). The van der Waals surface area contributed by atoms with E-state index in [2.05, 4.69) is 4.90 Å². The molecule has 82 valence electrons. The summed E-state index contributed by atoms with van der Waals surface area (Å²) >= 11 is 0. The third kappa shape index (κ3) is 2.96. The van der Waals surface area contributed by atoms with Crippen LogP contribution < -0.4 is 0 Å². The van der Waals surface area contributed by atoms with Gasteiger partial charge in [-0.3, -0.25) is 4.79 Å². The second-order valence-electron chi connectivity index (χ2n) is 4.03. The summed E-state index contributed by atoms with van der Waals surface area (Å²) in [6.45, 7) is 4.26. The van der Waals surface area contributed by atoms with Gasteiger partial charge in [-0.1, -0.05) is 0 Å². The number of carboxylic acids is 1. The maximum atomic E-state index is 10.8. The van der Waals surface area contributed by atoms with Gasteiger partial charge in [-0.2, -0.15) is 0 Å². The Balaban J connectivity index is 2.64. The normalized spacial score (nSPS) is 29.0. The number of aliphatic carboxylic acids is 1. The van der Waals surface area contributed by atoms with Crippen LogP contribution in [-0.4, -0.2) is 48.3 Å². The van der Waals surface area contributed by atoms with Crippen molar-refractivity contribution in [3.8, 4) is 0 Å². The number of ether oxygens (including phenoxy) is 1. The zero-order valence-corrected chi connectivity index (χ0v) is 8.95. The predicted octanol–water partition coefficient (Wildman–Crippen LogP) is 0.962. The van der Waals surface area contributed by atoms with Gasteiger partial charge in [0.15, 0.2) is 0 Å². The number of carboxylic acid groups (broad SMARTS) is 1. The molecular weight excluding hydrogens is 182 g/mol. The van der Waals surface area contributed by atoms with Gasteiger partial charge >= 0.3 is 5.97 Å². The number of likely N-dealkylation sites (tertiary alicyclic amines) is 1. The number of piperidine rings is 1. The van der Waals surface area contributed by atoms with Crippen LogP contribution in [0.2, 0.25) is 0 Å². The van der Waals surface area contributed by atoms with Crippen molar-refractivity contribution in [1.29, 1.82) is 0 Å². The molecule has 0 aromatic heterocycles. The first-order chi connectivity index (χ1) is 6.58. The summed E-state index contributed by atoms with van der Waals surface area (Å²) in [5.74, 6) is -0.770. The van der Waals surface area contributed by atoms with Crippen LogP contribution in [0.1, 0.15) is 26.2 Å². The number of nitrogens with zero attached hydrogens (tertiary/aromatic N) is 1. The molecule has 0 radical (unpaired) electrons. The highest BCUT2D eigenvalue weighted by atomic mass is 16.5. The highest BCUT2D eigenvalue weighted by molar-refractivity contribution is 5.68. The SMILES string of the molecule is CCOC1(CC(=O)O)CCCN(C)C1. The van der Waals surface area contributed by atoms with Gasteiger partial charge in [0.05, 0.1) is 12.0 Å². The molecule has 0 bridgehead atoms. The van der Waals surface area contributed by atoms with E-state index < -0.39 is 11.6 Å². The molecule has 0 aliphatic carbocycles. The van der Waals surface area contributed by atoms with Crippen LogP contribution >= 0.6 is 0 Å². The second kappa shape index (κ2) is 4.75. The lowest BCUT2D eigenvalue weighted by Crippen LogP contribution is -2.49. The van der Waals surface area contributed by atoms with Gasteiger partial charge in [0.25, 0.3) is 0 Å². The quantitative estimate of drug-likeness (QED) is 0.736. The zero-order chi connectivity index (χ0) is 10.6. The summed E-state index contributed by atoms with van der Waals surface area (Å²) in [5.41, 5.74) is -0.451. The van der Waals surface area contributed by atoms with Crippen molar-refractivity contribution >= 4 is 5.97 Å². The molecule has 4 nitrogen and oxygen atoms in total. The van der Waals surface area contributed by atoms with Crippen LogP contribution in [0.4, 0.5) is 0 Å². The fraction of sp³-hybridized carbons (Fsp3) is 0.900. The molecule has 0 aromatic carbocycles. The maximum absolute atomic E-state index is 10.8. The molecule has 4 heteroatoms. The van der Waals surface area contributed by atoms with Gasteiger partial charge in [0.1, 0.15) is 0 Å². The summed E-state index contributed by atoms with van der Waals surface area (Å²) < 4.78 is 5.63. The molecule has 1 aliphatic rings. The van der Waals surface area contributed by atoms with E-state index in [9.17, 15) is 4.79 Å². The predicted molar refractivity (Wildman–Crippen MR) is 53.3 cm³/mol. The van der Waals surface area contributed by atoms with E-state index in [0.29, 0.717) is 6.61 Å². The van der Waals surface area contributed by atoms with Gasteiger partial charge < -0.3 is 14.7 Å². The fourth-order valence-corrected chi connectivity index (χ4v) is 2.22. The molecule has 14 heavy (non-hydrogen) atoms. The first kappa shape index (κ1) is 11.5. The van der Waals surface area contributed by atoms with Gasteiger partial charge in [0.2, 0.25) is 0 Å². The molecule has 0 saturated carbocycles. The summed E-state index contributed by atoms with van der Waals surface area (Å²) in [4.78, 5) is 12.9. The van der Waals surface area contributed by atoms with Crippen LogP contribution in [0.3, 0.4) is 0 Å². The molecular formula is C10H19NO3. The van der Waals surface area contributed by atoms with E-state index in [1.807, 2.05) is 14.0 Å². The molecule has 1 rings (SSSR count). The largest absolute Gasteiger partial charge is 0.481 e. The lowest BCUT2D eigenvalue weighted by molar-refractivity contribution is -0.149. The number of likely N-dealkylation sites (N-methyl/N-ethyl adjacent to an activating group) is 1. The van der Waals surface area contributed by atoms with Gasteiger partial charge in [-0.15, -0.1) is 0 Å². The van der Waals surface area contributed by atoms with Crippen molar-refractivity contribution in [1.82, 2.24) is 4.90 Å². The Labute approximate surface area is 84.8 Å². The average molecular weight is 201 g/mol. The van der Waals surface area contributed by atoms with Crippen LogP contribution in [0, 0.1) is 0 Å². The van der Waals surface area contributed by atoms with Gasteiger partial charge in [-0.05, 0) is 33.4 Å². The first-order valence-electron chi connectivity index (χ1n) is 5.12. The summed E-state index contributed by atoms with van der Waals surface area (Å²) in [7, 11) is 2.01. The zero-order valence-electron chi connectivity index (χ0n) is 8.95. The molecule has 0 spiro atoms. The topological polar surface area (TPSA) is 49.8 Å². The average Bonchev–Trinajstić information content (AvgIpc) is 2.02. The van der Waals surface area contributed by atoms with Crippen LogP contribution in [-0.2, 0) is 9.53 Å². The van der Waals surface area contributed by atoms with Crippen molar-refractivity contribution < 1.29 is 14.6 Å². The Morgan fingerprint density at radius 3 is 2.86 bits per heavy atom. The van der Waals surface area contributed by atoms with Crippen molar-refractivity contribution in [3.05, 3.63) is 0 Å². The van der Waals surface area contributed by atoms with Crippen molar-refractivity contribution in [2.24, 2.45) is 0 Å². The molecule has 0 aromatic rings. The minimum atomic E-state index is -0.770. The fourth-order valence-electron chi connectivity index (χ4n) is 2.22. The number of hydrogen-bond acceptors (Lipinski definition) is 3. The second-order valence-corrected chi connectivity index (χ2v) is 4.03. The first-order valence-corrected chi connectivity index (χ1v) is 5.12. The summed E-state index contributed by atoms with van der Waals surface area (Å²) in [6, 6.07) is 0. The highest BCUT2D eigenvalue weighted by Gasteiger charge is 2.37. The molecule has 1 aliphatic heterocycles. The Morgan fingerprint density at radius 1 is 1.64 bits per heavy atom. The molecule has 1 saturated heterocycles. The summed E-state index contributed by atoms with van der Waals surface area (Å²) in [5, 5.41) is 8.85. The van der Waals surface area contributed by atoms with Crippen LogP contribution in [0.5, 0.6) is 0 Å². The lowest BCUT2D eigenvalue weighted by Gasteiger charge is -2.40. The number of rotatable bonds is 4. The number of hydrogen-bond donors (Lipinski definition) is 1. The van der Waals surface area contributed by atoms with E-state index in [1.165, 1.54) is 0 Å². The van der Waals surface area contributed by atoms with Gasteiger partial charge in [0, 0.05) is 13.2 Å². The highest BCUT2D eigenvalue weighted by Crippen LogP contribution is 2.27. The third-order valence-corrected chi connectivity index (χ3v) is 2.65. The molecule has 1 atom stereocenters. The Morgan fingerprint density at radius 2 is 2.36 bits per heavy atom. The Bertz CT molecular complexity index is 204. The van der Waals surface area contributed by atoms with E-state index in [-0.39, 0.29) is 6.42 Å². The number of carbonyl (C=O) groups is 1. The third-order valence-electron chi connectivity index (χ3n) is 2.65.